The van der Waals surface area contributed by atoms with Gasteiger partial charge < -0.3 is 14.4 Å². The topological polar surface area (TPSA) is 62.6 Å². The van der Waals surface area contributed by atoms with Crippen molar-refractivity contribution in [2.75, 3.05) is 14.2 Å². The molecular formula is C21H22N2O3. The Labute approximate surface area is 153 Å². The van der Waals surface area contributed by atoms with Crippen molar-refractivity contribution in [1.29, 1.82) is 5.26 Å². The maximum absolute atomic E-state index is 12.4. The molecule has 1 saturated heterocycles. The van der Waals surface area contributed by atoms with E-state index in [1.807, 2.05) is 41.3 Å². The van der Waals surface area contributed by atoms with Gasteiger partial charge in [0.05, 0.1) is 25.9 Å². The minimum absolute atomic E-state index is 0.145. The van der Waals surface area contributed by atoms with Gasteiger partial charge >= 0.3 is 0 Å². The van der Waals surface area contributed by atoms with Crippen LogP contribution in [-0.4, -0.2) is 31.1 Å². The Hall–Kier alpha value is -3.00. The van der Waals surface area contributed by atoms with Gasteiger partial charge in [-0.05, 0) is 48.2 Å². The highest BCUT2D eigenvalue weighted by molar-refractivity contribution is 5.78. The van der Waals surface area contributed by atoms with Crippen LogP contribution in [-0.2, 0) is 17.8 Å². The lowest BCUT2D eigenvalue weighted by atomic mass is 10.0. The quantitative estimate of drug-likeness (QED) is 0.802. The Balaban J connectivity index is 1.76. The highest BCUT2D eigenvalue weighted by Gasteiger charge is 2.31. The summed E-state index contributed by atoms with van der Waals surface area (Å²) in [5.41, 5.74) is 2.71. The molecule has 0 radical (unpaired) electrons. The summed E-state index contributed by atoms with van der Waals surface area (Å²) in [7, 11) is 3.24. The van der Waals surface area contributed by atoms with Crippen LogP contribution < -0.4 is 9.47 Å². The summed E-state index contributed by atoms with van der Waals surface area (Å²) in [6.07, 6.45) is 2.17. The van der Waals surface area contributed by atoms with Crippen molar-refractivity contribution in [3.63, 3.8) is 0 Å². The molecule has 2 aromatic rings. The number of benzene rings is 2. The fourth-order valence-corrected chi connectivity index (χ4v) is 3.44. The van der Waals surface area contributed by atoms with Gasteiger partial charge in [-0.25, -0.2) is 0 Å². The van der Waals surface area contributed by atoms with Gasteiger partial charge in [-0.2, -0.15) is 5.26 Å². The molecule has 0 bridgehead atoms. The van der Waals surface area contributed by atoms with Crippen LogP contribution in [0, 0.1) is 11.3 Å². The smallest absolute Gasteiger partial charge is 0.223 e. The molecule has 0 spiro atoms. The van der Waals surface area contributed by atoms with E-state index in [0.29, 0.717) is 30.0 Å². The van der Waals surface area contributed by atoms with Crippen LogP contribution >= 0.6 is 0 Å². The highest BCUT2D eigenvalue weighted by atomic mass is 16.5. The Morgan fingerprint density at radius 2 is 1.92 bits per heavy atom. The summed E-state index contributed by atoms with van der Waals surface area (Å²) in [4.78, 5) is 14.3. The standard InChI is InChI=1S/C21H22N2O3/c1-25-19-8-6-15(12-20(19)26-2)11-18-7-9-21(24)23(18)14-17-5-3-4-16(10-17)13-22/h3-6,8,10,12,18H,7,9,11,14H2,1-2H3. The number of ether oxygens (including phenoxy) is 2. The number of carbonyl (C=O) groups is 1. The largest absolute Gasteiger partial charge is 0.493 e. The lowest BCUT2D eigenvalue weighted by Crippen LogP contribution is -2.33. The molecule has 0 saturated carbocycles. The van der Waals surface area contributed by atoms with Gasteiger partial charge in [-0.1, -0.05) is 18.2 Å². The van der Waals surface area contributed by atoms with E-state index in [-0.39, 0.29) is 11.9 Å². The summed E-state index contributed by atoms with van der Waals surface area (Å²) in [6, 6.07) is 15.6. The zero-order chi connectivity index (χ0) is 18.5. The number of amides is 1. The second-order valence-corrected chi connectivity index (χ2v) is 6.42. The Bertz CT molecular complexity index is 841. The molecule has 5 heteroatoms. The summed E-state index contributed by atoms with van der Waals surface area (Å²) in [5.74, 6) is 1.56. The van der Waals surface area contributed by atoms with E-state index in [9.17, 15) is 4.79 Å². The molecule has 134 valence electrons. The van der Waals surface area contributed by atoms with Crippen LogP contribution in [0.2, 0.25) is 0 Å². The monoisotopic (exact) mass is 350 g/mol. The molecule has 1 amide bonds. The van der Waals surface area contributed by atoms with Crippen LogP contribution in [0.3, 0.4) is 0 Å². The number of hydrogen-bond acceptors (Lipinski definition) is 4. The fraction of sp³-hybridized carbons (Fsp3) is 0.333. The average Bonchev–Trinajstić information content (AvgIpc) is 3.01. The third-order valence-electron chi connectivity index (χ3n) is 4.78. The van der Waals surface area contributed by atoms with E-state index in [0.717, 1.165) is 24.0 Å². The summed E-state index contributed by atoms with van der Waals surface area (Å²) >= 11 is 0. The summed E-state index contributed by atoms with van der Waals surface area (Å²) < 4.78 is 10.7. The van der Waals surface area contributed by atoms with Crippen molar-refractivity contribution in [3.8, 4) is 17.6 Å². The molecule has 1 fully saturated rings. The molecule has 0 N–H and O–H groups in total. The fourth-order valence-electron chi connectivity index (χ4n) is 3.44. The second-order valence-electron chi connectivity index (χ2n) is 6.42. The summed E-state index contributed by atoms with van der Waals surface area (Å²) in [5, 5.41) is 9.06. The van der Waals surface area contributed by atoms with Crippen LogP contribution in [0.15, 0.2) is 42.5 Å². The molecule has 5 nitrogen and oxygen atoms in total. The van der Waals surface area contributed by atoms with Crippen molar-refractivity contribution in [3.05, 3.63) is 59.2 Å². The summed E-state index contributed by atoms with van der Waals surface area (Å²) in [6.45, 7) is 0.534. The highest BCUT2D eigenvalue weighted by Crippen LogP contribution is 2.30. The van der Waals surface area contributed by atoms with Crippen molar-refractivity contribution in [1.82, 2.24) is 4.90 Å². The number of likely N-dealkylation sites (tertiary alicyclic amines) is 1. The van der Waals surface area contributed by atoms with Crippen molar-refractivity contribution < 1.29 is 14.3 Å². The first-order valence-electron chi connectivity index (χ1n) is 8.64. The predicted molar refractivity (Wildman–Crippen MR) is 98.0 cm³/mol. The molecule has 1 aliphatic rings. The molecule has 26 heavy (non-hydrogen) atoms. The Morgan fingerprint density at radius 3 is 2.65 bits per heavy atom. The minimum Gasteiger partial charge on any atom is -0.493 e. The molecule has 1 unspecified atom stereocenters. The van der Waals surface area contributed by atoms with E-state index in [1.165, 1.54) is 0 Å². The van der Waals surface area contributed by atoms with Gasteiger partial charge in [0.25, 0.3) is 0 Å². The van der Waals surface area contributed by atoms with Crippen molar-refractivity contribution in [2.24, 2.45) is 0 Å². The maximum atomic E-state index is 12.4. The first-order chi connectivity index (χ1) is 12.6. The SMILES string of the molecule is COc1ccc(CC2CCC(=O)N2Cc2cccc(C#N)c2)cc1OC. The lowest BCUT2D eigenvalue weighted by molar-refractivity contribution is -0.129. The lowest BCUT2D eigenvalue weighted by Gasteiger charge is -2.25. The average molecular weight is 350 g/mol. The van der Waals surface area contributed by atoms with Crippen LogP contribution in [0.4, 0.5) is 0 Å². The van der Waals surface area contributed by atoms with Gasteiger partial charge in [-0.3, -0.25) is 4.79 Å². The molecule has 1 atom stereocenters. The van der Waals surface area contributed by atoms with Gasteiger partial charge in [0.1, 0.15) is 0 Å². The molecule has 0 aromatic heterocycles. The van der Waals surface area contributed by atoms with Crippen LogP contribution in [0.1, 0.15) is 29.5 Å². The van der Waals surface area contributed by atoms with Gasteiger partial charge in [0.15, 0.2) is 11.5 Å². The number of methoxy groups -OCH3 is 2. The maximum Gasteiger partial charge on any atom is 0.223 e. The molecule has 3 rings (SSSR count). The number of nitriles is 1. The Morgan fingerprint density at radius 1 is 1.12 bits per heavy atom. The zero-order valence-corrected chi connectivity index (χ0v) is 15.1. The number of nitrogens with zero attached hydrogens (tertiary/aromatic N) is 2. The molecule has 1 aliphatic heterocycles. The zero-order valence-electron chi connectivity index (χ0n) is 15.1. The number of carbonyl (C=O) groups excluding carboxylic acids is 1. The predicted octanol–water partition coefficient (Wildman–Crippen LogP) is 3.31. The van der Waals surface area contributed by atoms with Crippen LogP contribution in [0.25, 0.3) is 0 Å². The third-order valence-corrected chi connectivity index (χ3v) is 4.78. The first kappa shape index (κ1) is 17.8. The van der Waals surface area contributed by atoms with E-state index >= 15 is 0 Å². The number of rotatable bonds is 6. The van der Waals surface area contributed by atoms with Crippen molar-refractivity contribution >= 4 is 5.91 Å². The van der Waals surface area contributed by atoms with E-state index in [2.05, 4.69) is 6.07 Å². The van der Waals surface area contributed by atoms with E-state index in [4.69, 9.17) is 14.7 Å². The molecule has 2 aromatic carbocycles. The molecule has 1 heterocycles. The Kier molecular flexibility index (Phi) is 5.43. The third kappa shape index (κ3) is 3.80. The normalized spacial score (nSPS) is 16.4. The number of hydrogen-bond donors (Lipinski definition) is 0. The van der Waals surface area contributed by atoms with Gasteiger partial charge in [0.2, 0.25) is 5.91 Å². The van der Waals surface area contributed by atoms with Crippen molar-refractivity contribution in [2.45, 2.75) is 31.8 Å². The molecular weight excluding hydrogens is 328 g/mol. The molecule has 0 aliphatic carbocycles. The minimum atomic E-state index is 0.145. The van der Waals surface area contributed by atoms with Gasteiger partial charge in [0, 0.05) is 19.0 Å². The second kappa shape index (κ2) is 7.92. The van der Waals surface area contributed by atoms with Gasteiger partial charge in [-0.15, -0.1) is 0 Å². The first-order valence-corrected chi connectivity index (χ1v) is 8.64. The van der Waals surface area contributed by atoms with Crippen LogP contribution in [0.5, 0.6) is 11.5 Å². The van der Waals surface area contributed by atoms with E-state index < -0.39 is 0 Å². The van der Waals surface area contributed by atoms with E-state index in [1.54, 1.807) is 20.3 Å².